The molecule has 1 atom stereocenters. The second-order valence-corrected chi connectivity index (χ2v) is 8.93. The van der Waals surface area contributed by atoms with Crippen molar-refractivity contribution in [3.63, 3.8) is 0 Å². The fourth-order valence-corrected chi connectivity index (χ4v) is 4.50. The third-order valence-corrected chi connectivity index (χ3v) is 6.40. The number of hydrogen-bond donors (Lipinski definition) is 2. The number of nitrogens with one attached hydrogen (secondary N) is 1. The fraction of sp³-hybridized carbons (Fsp3) is 0.316. The molecule has 2 aromatic heterocycles. The Morgan fingerprint density at radius 3 is 2.69 bits per heavy atom. The number of fused-ring (bicyclic) bond motifs is 1. The van der Waals surface area contributed by atoms with E-state index in [0.29, 0.717) is 11.0 Å². The Labute approximate surface area is 161 Å². The van der Waals surface area contributed by atoms with Crippen LogP contribution < -0.4 is 11.1 Å². The van der Waals surface area contributed by atoms with E-state index in [2.05, 4.69) is 15.3 Å². The van der Waals surface area contributed by atoms with Crippen LogP contribution in [0.4, 0.5) is 11.5 Å². The monoisotopic (exact) mass is 386 g/mol. The van der Waals surface area contributed by atoms with E-state index >= 15 is 0 Å². The van der Waals surface area contributed by atoms with Crippen LogP contribution in [0.25, 0.3) is 10.2 Å². The van der Waals surface area contributed by atoms with E-state index in [0.717, 1.165) is 32.6 Å². The average Bonchev–Trinajstić information content (AvgIpc) is 2.85. The Morgan fingerprint density at radius 1 is 1.23 bits per heavy atom. The Balaban J connectivity index is 1.79. The fourth-order valence-electron chi connectivity index (χ4n) is 2.63. The molecule has 26 heavy (non-hydrogen) atoms. The van der Waals surface area contributed by atoms with Crippen LogP contribution in [0, 0.1) is 27.7 Å². The van der Waals surface area contributed by atoms with Crippen molar-refractivity contribution in [3.8, 4) is 0 Å². The minimum Gasteiger partial charge on any atom is -0.383 e. The molecule has 0 radical (unpaired) electrons. The van der Waals surface area contributed by atoms with Gasteiger partial charge in [-0.1, -0.05) is 23.9 Å². The summed E-state index contributed by atoms with van der Waals surface area (Å²) in [7, 11) is 0. The predicted molar refractivity (Wildman–Crippen MR) is 111 cm³/mol. The standard InChI is InChI=1S/C19H22N4OS2/c1-9-6-7-10(2)14(8-9)21-17(24)13(5)26-19-22-16(20)15-11(3)12(4)25-18(15)23-19/h6-8,13H,1-5H3,(H,21,24)(H2,20,22,23)/t13-/m1/s1. The number of aryl methyl sites for hydroxylation is 4. The highest BCUT2D eigenvalue weighted by Crippen LogP contribution is 2.34. The number of carbonyl (C=O) groups excluding carboxylic acids is 1. The first-order chi connectivity index (χ1) is 12.3. The number of thiophene rings is 1. The summed E-state index contributed by atoms with van der Waals surface area (Å²) in [6.07, 6.45) is 0. The number of anilines is 2. The molecule has 7 heteroatoms. The van der Waals surface area contributed by atoms with Gasteiger partial charge in [-0.05, 0) is 57.4 Å². The van der Waals surface area contributed by atoms with Gasteiger partial charge in [0.15, 0.2) is 5.16 Å². The van der Waals surface area contributed by atoms with Crippen molar-refractivity contribution in [2.45, 2.75) is 45.0 Å². The van der Waals surface area contributed by atoms with Gasteiger partial charge in [-0.2, -0.15) is 0 Å². The molecule has 3 aromatic rings. The maximum atomic E-state index is 12.6. The number of nitrogens with zero attached hydrogens (tertiary/aromatic N) is 2. The first kappa shape index (κ1) is 18.7. The Hall–Kier alpha value is -2.12. The molecule has 1 amide bonds. The predicted octanol–water partition coefficient (Wildman–Crippen LogP) is 4.63. The van der Waals surface area contributed by atoms with Gasteiger partial charge >= 0.3 is 0 Å². The summed E-state index contributed by atoms with van der Waals surface area (Å²) in [5.74, 6) is 0.394. The lowest BCUT2D eigenvalue weighted by molar-refractivity contribution is -0.115. The van der Waals surface area contributed by atoms with E-state index in [1.807, 2.05) is 52.8 Å². The Bertz CT molecular complexity index is 997. The molecular weight excluding hydrogens is 364 g/mol. The second-order valence-electron chi connectivity index (χ2n) is 6.42. The van der Waals surface area contributed by atoms with Gasteiger partial charge < -0.3 is 11.1 Å². The van der Waals surface area contributed by atoms with Gasteiger partial charge in [0, 0.05) is 10.6 Å². The van der Waals surface area contributed by atoms with Gasteiger partial charge in [-0.3, -0.25) is 4.79 Å². The molecule has 0 aliphatic rings. The lowest BCUT2D eigenvalue weighted by atomic mass is 10.1. The molecule has 0 unspecified atom stereocenters. The zero-order valence-corrected chi connectivity index (χ0v) is 17.1. The van der Waals surface area contributed by atoms with Gasteiger partial charge in [0.05, 0.1) is 10.6 Å². The number of rotatable bonds is 4. The Morgan fingerprint density at radius 2 is 1.96 bits per heavy atom. The molecule has 0 fully saturated rings. The number of carbonyl (C=O) groups is 1. The third kappa shape index (κ3) is 3.68. The van der Waals surface area contributed by atoms with Crippen LogP contribution in [0.2, 0.25) is 0 Å². The molecule has 0 aliphatic carbocycles. The number of nitrogens with two attached hydrogens (primary N) is 1. The third-order valence-electron chi connectivity index (χ3n) is 4.34. The average molecular weight is 387 g/mol. The molecule has 5 nitrogen and oxygen atoms in total. The first-order valence-corrected chi connectivity index (χ1v) is 10.0. The topological polar surface area (TPSA) is 80.9 Å². The highest BCUT2D eigenvalue weighted by Gasteiger charge is 2.19. The molecule has 136 valence electrons. The lowest BCUT2D eigenvalue weighted by Gasteiger charge is -2.13. The summed E-state index contributed by atoms with van der Waals surface area (Å²) in [5.41, 5.74) is 10.2. The number of thioether (sulfide) groups is 1. The van der Waals surface area contributed by atoms with Gasteiger partial charge in [0.2, 0.25) is 5.91 Å². The summed E-state index contributed by atoms with van der Waals surface area (Å²) >= 11 is 2.92. The van der Waals surface area contributed by atoms with E-state index < -0.39 is 0 Å². The van der Waals surface area contributed by atoms with Crippen LogP contribution in [0.1, 0.15) is 28.5 Å². The van der Waals surface area contributed by atoms with E-state index in [1.165, 1.54) is 16.6 Å². The number of hydrogen-bond acceptors (Lipinski definition) is 6. The largest absolute Gasteiger partial charge is 0.383 e. The number of nitrogen functional groups attached to an aromatic ring is 1. The number of benzene rings is 1. The molecule has 0 saturated heterocycles. The van der Waals surface area contributed by atoms with Crippen molar-refractivity contribution < 1.29 is 4.79 Å². The Kier molecular flexibility index (Phi) is 5.20. The van der Waals surface area contributed by atoms with Crippen molar-refractivity contribution in [1.82, 2.24) is 9.97 Å². The maximum absolute atomic E-state index is 12.6. The summed E-state index contributed by atoms with van der Waals surface area (Å²) in [6, 6.07) is 6.00. The SMILES string of the molecule is Cc1ccc(C)c(NC(=O)[C@@H](C)Sc2nc(N)c3c(C)c(C)sc3n2)c1. The zero-order chi connectivity index (χ0) is 19.0. The van der Waals surface area contributed by atoms with Gasteiger partial charge in [0.25, 0.3) is 0 Å². The van der Waals surface area contributed by atoms with E-state index in [1.54, 1.807) is 11.3 Å². The van der Waals surface area contributed by atoms with E-state index in [-0.39, 0.29) is 11.2 Å². The quantitative estimate of drug-likeness (QED) is 0.505. The lowest BCUT2D eigenvalue weighted by Crippen LogP contribution is -2.23. The molecule has 2 heterocycles. The van der Waals surface area contributed by atoms with Crippen molar-refractivity contribution in [1.29, 1.82) is 0 Å². The summed E-state index contributed by atoms with van der Waals surface area (Å²) in [6.45, 7) is 9.91. The molecular formula is C19H22N4OS2. The molecule has 0 bridgehead atoms. The first-order valence-electron chi connectivity index (χ1n) is 8.34. The van der Waals surface area contributed by atoms with Crippen molar-refractivity contribution in [3.05, 3.63) is 39.8 Å². The van der Waals surface area contributed by atoms with Crippen LogP contribution in [0.5, 0.6) is 0 Å². The summed E-state index contributed by atoms with van der Waals surface area (Å²) in [5, 5.41) is 4.10. The van der Waals surface area contributed by atoms with Gasteiger partial charge in [-0.25, -0.2) is 9.97 Å². The van der Waals surface area contributed by atoms with Crippen LogP contribution >= 0.6 is 23.1 Å². The molecule has 0 aliphatic heterocycles. The normalized spacial score (nSPS) is 12.3. The van der Waals surface area contributed by atoms with Crippen LogP contribution in [0.3, 0.4) is 0 Å². The van der Waals surface area contributed by atoms with Crippen LogP contribution in [-0.2, 0) is 4.79 Å². The maximum Gasteiger partial charge on any atom is 0.237 e. The number of aromatic nitrogens is 2. The summed E-state index contributed by atoms with van der Waals surface area (Å²) in [4.78, 5) is 23.6. The highest BCUT2D eigenvalue weighted by atomic mass is 32.2. The smallest absolute Gasteiger partial charge is 0.237 e. The van der Waals surface area contributed by atoms with Crippen LogP contribution in [-0.4, -0.2) is 21.1 Å². The summed E-state index contributed by atoms with van der Waals surface area (Å²) < 4.78 is 0. The van der Waals surface area contributed by atoms with E-state index in [4.69, 9.17) is 5.73 Å². The minimum atomic E-state index is -0.339. The van der Waals surface area contributed by atoms with Crippen molar-refractivity contribution in [2.75, 3.05) is 11.1 Å². The van der Waals surface area contributed by atoms with Crippen LogP contribution in [0.15, 0.2) is 23.4 Å². The molecule has 0 saturated carbocycles. The number of amides is 1. The molecule has 1 aromatic carbocycles. The minimum absolute atomic E-state index is 0.0792. The van der Waals surface area contributed by atoms with Crippen molar-refractivity contribution in [2.24, 2.45) is 0 Å². The van der Waals surface area contributed by atoms with E-state index in [9.17, 15) is 4.79 Å². The van der Waals surface area contributed by atoms with Gasteiger partial charge in [0.1, 0.15) is 10.6 Å². The second kappa shape index (κ2) is 7.25. The molecule has 3 N–H and O–H groups in total. The van der Waals surface area contributed by atoms with Gasteiger partial charge in [-0.15, -0.1) is 11.3 Å². The molecule has 3 rings (SSSR count). The molecule has 0 spiro atoms. The van der Waals surface area contributed by atoms with Crippen molar-refractivity contribution >= 4 is 50.7 Å². The zero-order valence-electron chi connectivity index (χ0n) is 15.5. The highest BCUT2D eigenvalue weighted by molar-refractivity contribution is 8.00.